The Morgan fingerprint density at radius 2 is 1.75 bits per heavy atom. The molecule has 52 heavy (non-hydrogen) atoms. The van der Waals surface area contributed by atoms with Crippen LogP contribution in [0.5, 0.6) is 0 Å². The van der Waals surface area contributed by atoms with E-state index >= 15 is 0 Å². The first-order valence-corrected chi connectivity index (χ1v) is 18.3. The van der Waals surface area contributed by atoms with Gasteiger partial charge in [-0.2, -0.15) is 4.31 Å². The van der Waals surface area contributed by atoms with Gasteiger partial charge in [0.1, 0.15) is 18.4 Å². The van der Waals surface area contributed by atoms with Gasteiger partial charge in [0.25, 0.3) is 11.6 Å². The standard InChI is InChI=1S/C35H42ClFN6O8S/c1-21(2)17-40(52(50,51)24-13-14-26(36)28(38)16-24)19-31(44)29(15-23-9-6-5-7-10-23)39-34(46)33(22(3)4)42-20-32(45)41(35(42)47)18-25-27(37)11-8-12-30(25)43(48)49/h5-14,16,21-22,29,31,33,44H,15,17-20,38H2,1-4H3,(H,39,46)/t29-,31+,33-/m0/s1. The molecule has 3 aromatic carbocycles. The van der Waals surface area contributed by atoms with Crippen molar-refractivity contribution in [2.45, 2.75) is 63.7 Å². The van der Waals surface area contributed by atoms with E-state index in [1.54, 1.807) is 44.2 Å². The van der Waals surface area contributed by atoms with E-state index in [0.717, 1.165) is 27.4 Å². The van der Waals surface area contributed by atoms with Gasteiger partial charge in [-0.05, 0) is 48.1 Å². The molecule has 4 N–H and O–H groups in total. The molecule has 280 valence electrons. The van der Waals surface area contributed by atoms with Crippen molar-refractivity contribution in [3.05, 3.63) is 98.8 Å². The molecule has 0 saturated carbocycles. The fourth-order valence-electron chi connectivity index (χ4n) is 6.04. The number of nitrogens with zero attached hydrogens (tertiary/aromatic N) is 4. The average molecular weight is 761 g/mol. The van der Waals surface area contributed by atoms with E-state index in [1.807, 2.05) is 13.8 Å². The monoisotopic (exact) mass is 760 g/mol. The lowest BCUT2D eigenvalue weighted by Crippen LogP contribution is -2.57. The molecule has 0 aliphatic carbocycles. The van der Waals surface area contributed by atoms with Gasteiger partial charge in [0, 0.05) is 19.2 Å². The number of hydrogen-bond donors (Lipinski definition) is 3. The summed E-state index contributed by atoms with van der Waals surface area (Å²) in [4.78, 5) is 53.1. The molecule has 4 rings (SSSR count). The molecule has 0 unspecified atom stereocenters. The highest BCUT2D eigenvalue weighted by atomic mass is 35.5. The summed E-state index contributed by atoms with van der Waals surface area (Å²) < 4.78 is 43.5. The fraction of sp³-hybridized carbons (Fsp3) is 0.400. The van der Waals surface area contributed by atoms with Crippen molar-refractivity contribution < 1.29 is 37.2 Å². The number of nitrogens with one attached hydrogen (secondary N) is 1. The highest BCUT2D eigenvalue weighted by Crippen LogP contribution is 2.28. The minimum absolute atomic E-state index is 0.0168. The lowest BCUT2D eigenvalue weighted by molar-refractivity contribution is -0.385. The number of carbonyl (C=O) groups is 3. The Bertz CT molecular complexity index is 1920. The number of carbonyl (C=O) groups excluding carboxylic acids is 3. The van der Waals surface area contributed by atoms with Crippen molar-refractivity contribution in [1.82, 2.24) is 19.4 Å². The molecule has 0 radical (unpaired) electrons. The van der Waals surface area contributed by atoms with Gasteiger partial charge in [-0.1, -0.05) is 75.7 Å². The van der Waals surface area contributed by atoms with Gasteiger partial charge in [0.05, 0.1) is 44.8 Å². The number of imide groups is 1. The average Bonchev–Trinajstić information content (AvgIpc) is 3.34. The van der Waals surface area contributed by atoms with Crippen LogP contribution in [0.3, 0.4) is 0 Å². The normalized spacial score (nSPS) is 15.4. The first-order valence-electron chi connectivity index (χ1n) is 16.5. The maximum Gasteiger partial charge on any atom is 0.328 e. The van der Waals surface area contributed by atoms with Crippen molar-refractivity contribution in [3.8, 4) is 0 Å². The number of nitro benzene ring substituents is 1. The Morgan fingerprint density at radius 3 is 2.35 bits per heavy atom. The number of benzene rings is 3. The molecule has 0 aromatic heterocycles. The number of aliphatic hydroxyl groups is 1. The Balaban J connectivity index is 1.62. The number of rotatable bonds is 16. The summed E-state index contributed by atoms with van der Waals surface area (Å²) in [5.41, 5.74) is 5.59. The van der Waals surface area contributed by atoms with Crippen molar-refractivity contribution in [2.75, 3.05) is 25.4 Å². The Kier molecular flexibility index (Phi) is 13.0. The van der Waals surface area contributed by atoms with Crippen LogP contribution >= 0.6 is 11.6 Å². The van der Waals surface area contributed by atoms with E-state index < -0.39 is 93.6 Å². The SMILES string of the molecule is CC(C)CN(C[C@@H](O)[C@H](Cc1ccccc1)NC(=O)[C@H](C(C)C)N1CC(=O)N(Cc2c(F)cccc2[N+](=O)[O-])C1=O)S(=O)(=O)c1ccc(Cl)c(N)c1. The number of hydrogen-bond acceptors (Lipinski definition) is 9. The predicted molar refractivity (Wildman–Crippen MR) is 192 cm³/mol. The Labute approximate surface area is 306 Å². The van der Waals surface area contributed by atoms with E-state index in [1.165, 1.54) is 18.2 Å². The maximum absolute atomic E-state index is 14.7. The number of aliphatic hydroxyl groups excluding tert-OH is 1. The summed E-state index contributed by atoms with van der Waals surface area (Å²) in [6.45, 7) is 5.21. The lowest BCUT2D eigenvalue weighted by atomic mass is 9.97. The number of halogens is 2. The summed E-state index contributed by atoms with van der Waals surface area (Å²) in [7, 11) is -4.21. The van der Waals surface area contributed by atoms with Crippen LogP contribution in [-0.4, -0.2) is 88.2 Å². The zero-order valence-electron chi connectivity index (χ0n) is 29.1. The second-order valence-corrected chi connectivity index (χ2v) is 15.7. The second-order valence-electron chi connectivity index (χ2n) is 13.3. The van der Waals surface area contributed by atoms with Gasteiger partial charge in [-0.3, -0.25) is 24.6 Å². The molecule has 1 saturated heterocycles. The highest BCUT2D eigenvalue weighted by Gasteiger charge is 2.45. The minimum atomic E-state index is -4.21. The summed E-state index contributed by atoms with van der Waals surface area (Å²) in [5.74, 6) is -3.25. The molecule has 1 aliphatic heterocycles. The quantitative estimate of drug-likeness (QED) is 0.0830. The van der Waals surface area contributed by atoms with E-state index in [4.69, 9.17) is 17.3 Å². The van der Waals surface area contributed by atoms with Gasteiger partial charge in [-0.15, -0.1) is 0 Å². The maximum atomic E-state index is 14.7. The third-order valence-corrected chi connectivity index (χ3v) is 10.8. The topological polar surface area (TPSA) is 196 Å². The summed E-state index contributed by atoms with van der Waals surface area (Å²) in [5, 5.41) is 26.2. The third-order valence-electron chi connectivity index (χ3n) is 8.58. The van der Waals surface area contributed by atoms with Gasteiger partial charge in [0.15, 0.2) is 0 Å². The van der Waals surface area contributed by atoms with E-state index in [0.29, 0.717) is 10.5 Å². The number of amides is 4. The first kappa shape index (κ1) is 40.1. The number of nitro groups is 1. The minimum Gasteiger partial charge on any atom is -0.397 e. The number of nitrogens with two attached hydrogens (primary N) is 1. The predicted octanol–water partition coefficient (Wildman–Crippen LogP) is 4.19. The van der Waals surface area contributed by atoms with Crippen LogP contribution in [0.4, 0.5) is 20.6 Å². The second kappa shape index (κ2) is 16.8. The molecule has 3 aromatic rings. The first-order chi connectivity index (χ1) is 24.4. The molecule has 4 amide bonds. The van der Waals surface area contributed by atoms with E-state index in [9.17, 15) is 42.4 Å². The summed E-state index contributed by atoms with van der Waals surface area (Å²) in [6, 6.07) is 12.6. The summed E-state index contributed by atoms with van der Waals surface area (Å²) in [6.07, 6.45) is -1.40. The number of nitrogen functional groups attached to an aromatic ring is 1. The molecule has 14 nitrogen and oxygen atoms in total. The zero-order chi connectivity index (χ0) is 38.5. The molecule has 0 bridgehead atoms. The smallest absolute Gasteiger partial charge is 0.328 e. The van der Waals surface area contributed by atoms with Crippen LogP contribution in [0.1, 0.15) is 38.8 Å². The third kappa shape index (κ3) is 9.23. The van der Waals surface area contributed by atoms with Crippen LogP contribution in [0.15, 0.2) is 71.6 Å². The van der Waals surface area contributed by atoms with Gasteiger partial charge < -0.3 is 21.1 Å². The zero-order valence-corrected chi connectivity index (χ0v) is 30.7. The molecule has 3 atom stereocenters. The van der Waals surface area contributed by atoms with Crippen LogP contribution in [0.2, 0.25) is 5.02 Å². The molecule has 17 heteroatoms. The van der Waals surface area contributed by atoms with Crippen molar-refractivity contribution in [1.29, 1.82) is 0 Å². The largest absolute Gasteiger partial charge is 0.397 e. The highest BCUT2D eigenvalue weighted by molar-refractivity contribution is 7.89. The fourth-order valence-corrected chi connectivity index (χ4v) is 7.81. The van der Waals surface area contributed by atoms with Crippen LogP contribution in [0, 0.1) is 27.8 Å². The molecule has 0 spiro atoms. The van der Waals surface area contributed by atoms with Crippen LogP contribution in [0.25, 0.3) is 0 Å². The Hall–Kier alpha value is -4.64. The lowest BCUT2D eigenvalue weighted by Gasteiger charge is -2.34. The van der Waals surface area contributed by atoms with Crippen molar-refractivity contribution in [3.63, 3.8) is 0 Å². The van der Waals surface area contributed by atoms with Gasteiger partial charge in [0.2, 0.25) is 15.9 Å². The van der Waals surface area contributed by atoms with Gasteiger partial charge in [-0.25, -0.2) is 17.6 Å². The molecule has 1 fully saturated rings. The molecular weight excluding hydrogens is 719 g/mol. The van der Waals surface area contributed by atoms with Crippen LogP contribution in [-0.2, 0) is 32.6 Å². The number of anilines is 1. The van der Waals surface area contributed by atoms with Gasteiger partial charge >= 0.3 is 6.03 Å². The van der Waals surface area contributed by atoms with E-state index in [2.05, 4.69) is 5.32 Å². The summed E-state index contributed by atoms with van der Waals surface area (Å²) >= 11 is 6.03. The molecule has 1 aliphatic rings. The van der Waals surface area contributed by atoms with Crippen molar-refractivity contribution >= 4 is 50.8 Å². The number of urea groups is 1. The molecular formula is C35H42ClFN6O8S. The van der Waals surface area contributed by atoms with E-state index in [-0.39, 0.29) is 34.5 Å². The number of sulfonamides is 1. The molecule has 1 heterocycles. The van der Waals surface area contributed by atoms with Crippen LogP contribution < -0.4 is 11.1 Å². The Morgan fingerprint density at radius 1 is 1.08 bits per heavy atom. The van der Waals surface area contributed by atoms with Crippen molar-refractivity contribution in [2.24, 2.45) is 11.8 Å².